The predicted octanol–water partition coefficient (Wildman–Crippen LogP) is 2.82. The summed E-state index contributed by atoms with van der Waals surface area (Å²) in [6.07, 6.45) is 3.35. The summed E-state index contributed by atoms with van der Waals surface area (Å²) in [7, 11) is 0. The molecule has 3 rings (SSSR count). The Morgan fingerprint density at radius 2 is 1.89 bits per heavy atom. The number of rotatable bonds is 3. The highest BCUT2D eigenvalue weighted by Gasteiger charge is 2.30. The highest BCUT2D eigenvalue weighted by Crippen LogP contribution is 2.39. The minimum Gasteiger partial charge on any atom is -0.481 e. The van der Waals surface area contributed by atoms with E-state index in [-0.39, 0.29) is 11.8 Å². The third kappa shape index (κ3) is 2.01. The molecule has 0 amide bonds. The number of aliphatic carboxylic acids is 1. The molecule has 1 atom stereocenters. The van der Waals surface area contributed by atoms with Crippen LogP contribution in [0.4, 0.5) is 5.69 Å². The van der Waals surface area contributed by atoms with Gasteiger partial charge in [0.25, 0.3) is 0 Å². The number of carboxylic acid groups (broad SMARTS) is 1. The summed E-state index contributed by atoms with van der Waals surface area (Å²) in [5.74, 6) is -0.950. The number of carbonyl (C=O) groups is 1. The summed E-state index contributed by atoms with van der Waals surface area (Å²) in [6.45, 7) is 6.24. The van der Waals surface area contributed by atoms with Crippen molar-refractivity contribution in [3.63, 3.8) is 0 Å². The van der Waals surface area contributed by atoms with Crippen molar-refractivity contribution in [2.45, 2.75) is 39.0 Å². The fourth-order valence-corrected chi connectivity index (χ4v) is 3.62. The molecule has 0 aliphatic carbocycles. The number of benzene rings is 1. The molecule has 1 aromatic carbocycles. The topological polar surface area (TPSA) is 40.5 Å². The van der Waals surface area contributed by atoms with Crippen LogP contribution in [-0.2, 0) is 17.6 Å². The molecule has 2 aliphatic rings. The molecule has 102 valence electrons. The van der Waals surface area contributed by atoms with E-state index in [9.17, 15) is 9.90 Å². The van der Waals surface area contributed by atoms with E-state index in [0.717, 1.165) is 31.5 Å². The maximum absolute atomic E-state index is 11.5. The summed E-state index contributed by atoms with van der Waals surface area (Å²) in [5, 5.41) is 9.46. The Labute approximate surface area is 114 Å². The van der Waals surface area contributed by atoms with E-state index in [1.165, 1.54) is 23.2 Å². The lowest BCUT2D eigenvalue weighted by Gasteiger charge is -2.28. The maximum Gasteiger partial charge on any atom is 0.311 e. The van der Waals surface area contributed by atoms with Crippen molar-refractivity contribution in [2.24, 2.45) is 5.92 Å². The molecule has 2 heterocycles. The summed E-state index contributed by atoms with van der Waals surface area (Å²) in [4.78, 5) is 14.0. The smallest absolute Gasteiger partial charge is 0.311 e. The van der Waals surface area contributed by atoms with Crippen LogP contribution in [0.1, 0.15) is 42.9 Å². The second kappa shape index (κ2) is 4.55. The van der Waals surface area contributed by atoms with Gasteiger partial charge in [0.2, 0.25) is 0 Å². The number of hydrogen-bond donors (Lipinski definition) is 1. The Bertz CT molecular complexity index is 522. The van der Waals surface area contributed by atoms with Gasteiger partial charge in [0, 0.05) is 18.8 Å². The Morgan fingerprint density at radius 3 is 2.53 bits per heavy atom. The number of nitrogens with zero attached hydrogens (tertiary/aromatic N) is 1. The van der Waals surface area contributed by atoms with Crippen LogP contribution in [0.2, 0.25) is 0 Å². The van der Waals surface area contributed by atoms with Gasteiger partial charge in [0.1, 0.15) is 0 Å². The van der Waals surface area contributed by atoms with Crippen LogP contribution in [0.5, 0.6) is 0 Å². The zero-order chi connectivity index (χ0) is 13.6. The van der Waals surface area contributed by atoms with Gasteiger partial charge in [-0.05, 0) is 41.9 Å². The molecule has 0 fully saturated rings. The Balaban J connectivity index is 2.07. The second-order valence-electron chi connectivity index (χ2n) is 6.09. The van der Waals surface area contributed by atoms with E-state index in [2.05, 4.69) is 17.0 Å². The average molecular weight is 259 g/mol. The van der Waals surface area contributed by atoms with Gasteiger partial charge < -0.3 is 10.0 Å². The molecule has 0 bridgehead atoms. The third-order valence-corrected chi connectivity index (χ3v) is 4.42. The fourth-order valence-electron chi connectivity index (χ4n) is 3.62. The molecule has 1 unspecified atom stereocenters. The highest BCUT2D eigenvalue weighted by molar-refractivity contribution is 5.78. The summed E-state index contributed by atoms with van der Waals surface area (Å²) < 4.78 is 0. The van der Waals surface area contributed by atoms with Crippen LogP contribution in [0.25, 0.3) is 0 Å². The van der Waals surface area contributed by atoms with Gasteiger partial charge in [-0.1, -0.05) is 26.0 Å². The standard InChI is InChI=1S/C16H21NO2/c1-10(2)14(16(18)19)13-8-11-4-3-6-17-7-5-12(9-13)15(11)17/h8-10,14H,3-7H2,1-2H3,(H,18,19). The minimum atomic E-state index is -0.701. The zero-order valence-electron chi connectivity index (χ0n) is 11.6. The summed E-state index contributed by atoms with van der Waals surface area (Å²) in [5.41, 5.74) is 5.13. The van der Waals surface area contributed by atoms with E-state index in [4.69, 9.17) is 0 Å². The van der Waals surface area contributed by atoms with Gasteiger partial charge in [0.05, 0.1) is 5.92 Å². The van der Waals surface area contributed by atoms with E-state index >= 15 is 0 Å². The monoisotopic (exact) mass is 259 g/mol. The van der Waals surface area contributed by atoms with Crippen molar-refractivity contribution < 1.29 is 9.90 Å². The largest absolute Gasteiger partial charge is 0.481 e. The molecule has 0 spiro atoms. The molecule has 1 aromatic rings. The van der Waals surface area contributed by atoms with Gasteiger partial charge in [-0.3, -0.25) is 4.79 Å². The lowest BCUT2D eigenvalue weighted by Crippen LogP contribution is -2.27. The van der Waals surface area contributed by atoms with E-state index in [1.807, 2.05) is 13.8 Å². The first-order valence-electron chi connectivity index (χ1n) is 7.21. The highest BCUT2D eigenvalue weighted by atomic mass is 16.4. The predicted molar refractivity (Wildman–Crippen MR) is 75.9 cm³/mol. The Kier molecular flexibility index (Phi) is 3.00. The third-order valence-electron chi connectivity index (χ3n) is 4.42. The van der Waals surface area contributed by atoms with Gasteiger partial charge in [-0.25, -0.2) is 0 Å². The molecule has 3 nitrogen and oxygen atoms in total. The van der Waals surface area contributed by atoms with Crippen LogP contribution in [0.3, 0.4) is 0 Å². The lowest BCUT2D eigenvalue weighted by atomic mass is 9.85. The first kappa shape index (κ1) is 12.5. The van der Waals surface area contributed by atoms with Crippen molar-refractivity contribution >= 4 is 11.7 Å². The Hall–Kier alpha value is -1.51. The lowest BCUT2D eigenvalue weighted by molar-refractivity contribution is -0.139. The van der Waals surface area contributed by atoms with Crippen molar-refractivity contribution in [2.75, 3.05) is 18.0 Å². The van der Waals surface area contributed by atoms with Crippen LogP contribution in [0.15, 0.2) is 12.1 Å². The average Bonchev–Trinajstić information content (AvgIpc) is 2.73. The van der Waals surface area contributed by atoms with E-state index in [0.29, 0.717) is 0 Å². The number of hydrogen-bond acceptors (Lipinski definition) is 2. The van der Waals surface area contributed by atoms with Crippen molar-refractivity contribution in [1.29, 1.82) is 0 Å². The minimum absolute atomic E-state index is 0.129. The van der Waals surface area contributed by atoms with Crippen molar-refractivity contribution in [3.05, 3.63) is 28.8 Å². The molecule has 19 heavy (non-hydrogen) atoms. The van der Waals surface area contributed by atoms with Gasteiger partial charge in [0.15, 0.2) is 0 Å². The van der Waals surface area contributed by atoms with Crippen molar-refractivity contribution in [3.8, 4) is 0 Å². The van der Waals surface area contributed by atoms with Gasteiger partial charge in [-0.15, -0.1) is 0 Å². The first-order chi connectivity index (χ1) is 9.08. The molecule has 2 aliphatic heterocycles. The molecule has 0 radical (unpaired) electrons. The van der Waals surface area contributed by atoms with Crippen LogP contribution < -0.4 is 4.90 Å². The van der Waals surface area contributed by atoms with Crippen LogP contribution in [0, 0.1) is 5.92 Å². The zero-order valence-corrected chi connectivity index (χ0v) is 11.6. The van der Waals surface area contributed by atoms with Gasteiger partial charge in [-0.2, -0.15) is 0 Å². The van der Waals surface area contributed by atoms with Crippen LogP contribution >= 0.6 is 0 Å². The fraction of sp³-hybridized carbons (Fsp3) is 0.562. The van der Waals surface area contributed by atoms with E-state index in [1.54, 1.807) is 0 Å². The van der Waals surface area contributed by atoms with Gasteiger partial charge >= 0.3 is 5.97 Å². The maximum atomic E-state index is 11.5. The number of aryl methyl sites for hydroxylation is 1. The molecule has 0 aromatic heterocycles. The Morgan fingerprint density at radius 1 is 1.21 bits per heavy atom. The van der Waals surface area contributed by atoms with E-state index < -0.39 is 5.97 Å². The summed E-state index contributed by atoms with van der Waals surface area (Å²) >= 11 is 0. The molecule has 3 heteroatoms. The first-order valence-corrected chi connectivity index (χ1v) is 7.21. The molecule has 0 saturated carbocycles. The molecule has 0 saturated heterocycles. The number of carboxylic acids is 1. The normalized spacial score (nSPS) is 18.6. The summed E-state index contributed by atoms with van der Waals surface area (Å²) in [6, 6.07) is 4.29. The number of anilines is 1. The molecule has 1 N–H and O–H groups in total. The quantitative estimate of drug-likeness (QED) is 0.907. The molecular formula is C16H21NO2. The molecular weight excluding hydrogens is 238 g/mol. The SMILES string of the molecule is CC(C)C(C(=O)O)c1cc2c3c(c1)CCN3CCC2. The van der Waals surface area contributed by atoms with Crippen LogP contribution in [-0.4, -0.2) is 24.2 Å². The van der Waals surface area contributed by atoms with Crippen molar-refractivity contribution in [1.82, 2.24) is 0 Å². The second-order valence-corrected chi connectivity index (χ2v) is 6.09.